The maximum Gasteiger partial charge on any atom is 0.335 e. The lowest BCUT2D eigenvalue weighted by molar-refractivity contribution is 0.0697. The third kappa shape index (κ3) is 5.70. The van der Waals surface area contributed by atoms with Gasteiger partial charge in [-0.05, 0) is 31.2 Å². The first kappa shape index (κ1) is 13.4. The molecular weight excluding hydrogens is 196 g/mol. The number of methoxy groups -OCH3 is 1. The number of aromatic carboxylic acids is 1. The molecule has 0 atom stereocenters. The molecule has 0 aromatic heterocycles. The molecule has 1 aromatic rings. The van der Waals surface area contributed by atoms with Gasteiger partial charge in [0.25, 0.3) is 0 Å². The molecule has 1 rings (SSSR count). The van der Waals surface area contributed by atoms with Crippen molar-refractivity contribution in [2.75, 3.05) is 20.8 Å². The molecule has 0 heterocycles. The van der Waals surface area contributed by atoms with Crippen LogP contribution in [0.2, 0.25) is 0 Å². The van der Waals surface area contributed by atoms with Gasteiger partial charge >= 0.3 is 5.97 Å². The minimum absolute atomic E-state index is 0.276. The molecule has 0 radical (unpaired) electrons. The van der Waals surface area contributed by atoms with E-state index in [1.165, 1.54) is 12.1 Å². The normalized spacial score (nSPS) is 8.73. The highest BCUT2D eigenvalue weighted by Crippen LogP contribution is 2.11. The van der Waals surface area contributed by atoms with Gasteiger partial charge in [-0.15, -0.1) is 0 Å². The average Bonchev–Trinajstić information content (AvgIpc) is 2.20. The van der Waals surface area contributed by atoms with Gasteiger partial charge in [0.1, 0.15) is 5.75 Å². The Labute approximate surface area is 89.4 Å². The molecule has 4 nitrogen and oxygen atoms in total. The van der Waals surface area contributed by atoms with Gasteiger partial charge in [0.2, 0.25) is 0 Å². The second kappa shape index (κ2) is 7.82. The lowest BCUT2D eigenvalue weighted by Crippen LogP contribution is -1.96. The Bertz CT molecular complexity index is 279. The highest BCUT2D eigenvalue weighted by Gasteiger charge is 2.00. The van der Waals surface area contributed by atoms with E-state index in [1.807, 2.05) is 6.92 Å². The zero-order chi connectivity index (χ0) is 11.7. The average molecular weight is 212 g/mol. The summed E-state index contributed by atoms with van der Waals surface area (Å²) >= 11 is 0. The van der Waals surface area contributed by atoms with E-state index in [2.05, 4.69) is 4.74 Å². The SMILES string of the molecule is CCOc1ccc(C(=O)O)cc1.COC. The standard InChI is InChI=1S/C9H10O3.C2H6O/c1-2-12-8-5-3-7(4-6-8)9(10)11;1-3-2/h3-6H,2H2,1H3,(H,10,11);1-2H3. The lowest BCUT2D eigenvalue weighted by Gasteiger charge is -2.01. The second-order valence-corrected chi connectivity index (χ2v) is 2.67. The van der Waals surface area contributed by atoms with E-state index in [0.717, 1.165) is 0 Å². The van der Waals surface area contributed by atoms with Crippen molar-refractivity contribution >= 4 is 5.97 Å². The topological polar surface area (TPSA) is 55.8 Å². The van der Waals surface area contributed by atoms with Crippen molar-refractivity contribution in [1.29, 1.82) is 0 Å². The molecule has 0 fully saturated rings. The van der Waals surface area contributed by atoms with Crippen LogP contribution < -0.4 is 4.74 Å². The molecule has 1 aromatic carbocycles. The van der Waals surface area contributed by atoms with Crippen LogP contribution in [0, 0.1) is 0 Å². The predicted molar refractivity (Wildman–Crippen MR) is 57.5 cm³/mol. The molecule has 84 valence electrons. The third-order valence-electron chi connectivity index (χ3n) is 1.41. The number of ether oxygens (including phenoxy) is 2. The summed E-state index contributed by atoms with van der Waals surface area (Å²) in [5, 5.41) is 8.56. The quantitative estimate of drug-likeness (QED) is 0.833. The summed E-state index contributed by atoms with van der Waals surface area (Å²) in [6.45, 7) is 2.47. The Morgan fingerprint density at radius 2 is 1.73 bits per heavy atom. The molecule has 0 aliphatic rings. The van der Waals surface area contributed by atoms with E-state index >= 15 is 0 Å². The summed E-state index contributed by atoms with van der Waals surface area (Å²) < 4.78 is 9.40. The van der Waals surface area contributed by atoms with Gasteiger partial charge in [-0.2, -0.15) is 0 Å². The fourth-order valence-electron chi connectivity index (χ4n) is 0.860. The Kier molecular flexibility index (Phi) is 7.01. The molecule has 0 unspecified atom stereocenters. The zero-order valence-electron chi connectivity index (χ0n) is 9.19. The fraction of sp³-hybridized carbons (Fsp3) is 0.364. The van der Waals surface area contributed by atoms with Gasteiger partial charge in [0, 0.05) is 14.2 Å². The van der Waals surface area contributed by atoms with Crippen LogP contribution in [-0.4, -0.2) is 31.9 Å². The predicted octanol–water partition coefficient (Wildman–Crippen LogP) is 2.05. The van der Waals surface area contributed by atoms with E-state index in [-0.39, 0.29) is 5.56 Å². The van der Waals surface area contributed by atoms with Crippen molar-refractivity contribution in [2.45, 2.75) is 6.92 Å². The van der Waals surface area contributed by atoms with Gasteiger partial charge < -0.3 is 14.6 Å². The van der Waals surface area contributed by atoms with Crippen molar-refractivity contribution in [2.24, 2.45) is 0 Å². The third-order valence-corrected chi connectivity index (χ3v) is 1.41. The van der Waals surface area contributed by atoms with Crippen LogP contribution in [0.1, 0.15) is 17.3 Å². The van der Waals surface area contributed by atoms with E-state index in [9.17, 15) is 4.79 Å². The summed E-state index contributed by atoms with van der Waals surface area (Å²) in [6, 6.07) is 6.33. The molecule has 15 heavy (non-hydrogen) atoms. The maximum absolute atomic E-state index is 10.4. The number of carboxylic acids is 1. The molecule has 0 saturated carbocycles. The molecule has 0 spiro atoms. The smallest absolute Gasteiger partial charge is 0.335 e. The molecule has 0 bridgehead atoms. The monoisotopic (exact) mass is 212 g/mol. The number of benzene rings is 1. The molecule has 0 amide bonds. The Morgan fingerprint density at radius 1 is 1.27 bits per heavy atom. The highest BCUT2D eigenvalue weighted by atomic mass is 16.5. The van der Waals surface area contributed by atoms with Gasteiger partial charge in [-0.25, -0.2) is 4.79 Å². The van der Waals surface area contributed by atoms with Crippen LogP contribution >= 0.6 is 0 Å². The first-order valence-electron chi connectivity index (χ1n) is 4.52. The molecule has 0 saturated heterocycles. The van der Waals surface area contributed by atoms with E-state index < -0.39 is 5.97 Å². The van der Waals surface area contributed by atoms with Crippen LogP contribution in [0.4, 0.5) is 0 Å². The van der Waals surface area contributed by atoms with Crippen LogP contribution in [-0.2, 0) is 4.74 Å². The van der Waals surface area contributed by atoms with Crippen LogP contribution in [0.25, 0.3) is 0 Å². The Balaban J connectivity index is 0.000000583. The van der Waals surface area contributed by atoms with Crippen LogP contribution in [0.5, 0.6) is 5.75 Å². The summed E-state index contributed by atoms with van der Waals surface area (Å²) in [5.41, 5.74) is 0.276. The molecule has 1 N–H and O–H groups in total. The van der Waals surface area contributed by atoms with Crippen molar-refractivity contribution in [3.05, 3.63) is 29.8 Å². The lowest BCUT2D eigenvalue weighted by atomic mass is 10.2. The zero-order valence-corrected chi connectivity index (χ0v) is 9.19. The Morgan fingerprint density at radius 3 is 2.07 bits per heavy atom. The van der Waals surface area contributed by atoms with E-state index in [1.54, 1.807) is 26.4 Å². The largest absolute Gasteiger partial charge is 0.494 e. The fourth-order valence-corrected chi connectivity index (χ4v) is 0.860. The molecular formula is C11H16O4. The summed E-state index contributed by atoms with van der Waals surface area (Å²) in [4.78, 5) is 10.4. The minimum Gasteiger partial charge on any atom is -0.494 e. The first-order valence-corrected chi connectivity index (χ1v) is 4.52. The summed E-state index contributed by atoms with van der Waals surface area (Å²) in [5.74, 6) is -0.222. The summed E-state index contributed by atoms with van der Waals surface area (Å²) in [6.07, 6.45) is 0. The van der Waals surface area contributed by atoms with Gasteiger partial charge in [0.15, 0.2) is 0 Å². The van der Waals surface area contributed by atoms with Gasteiger partial charge in [-0.3, -0.25) is 0 Å². The van der Waals surface area contributed by atoms with Crippen LogP contribution in [0.15, 0.2) is 24.3 Å². The van der Waals surface area contributed by atoms with Gasteiger partial charge in [-0.1, -0.05) is 0 Å². The van der Waals surface area contributed by atoms with E-state index in [0.29, 0.717) is 12.4 Å². The van der Waals surface area contributed by atoms with Crippen molar-refractivity contribution in [1.82, 2.24) is 0 Å². The Hall–Kier alpha value is -1.55. The molecule has 4 heteroatoms. The number of carbonyl (C=O) groups is 1. The number of hydrogen-bond acceptors (Lipinski definition) is 3. The second-order valence-electron chi connectivity index (χ2n) is 2.67. The molecule has 0 aliphatic carbocycles. The number of rotatable bonds is 3. The van der Waals surface area contributed by atoms with Crippen molar-refractivity contribution in [3.63, 3.8) is 0 Å². The number of hydrogen-bond donors (Lipinski definition) is 1. The minimum atomic E-state index is -0.918. The molecule has 0 aliphatic heterocycles. The number of carboxylic acid groups (broad SMARTS) is 1. The van der Waals surface area contributed by atoms with Crippen molar-refractivity contribution in [3.8, 4) is 5.75 Å². The van der Waals surface area contributed by atoms with E-state index in [4.69, 9.17) is 9.84 Å². The van der Waals surface area contributed by atoms with Crippen molar-refractivity contribution < 1.29 is 19.4 Å². The highest BCUT2D eigenvalue weighted by molar-refractivity contribution is 5.87. The maximum atomic E-state index is 10.4. The van der Waals surface area contributed by atoms with Gasteiger partial charge in [0.05, 0.1) is 12.2 Å². The summed E-state index contributed by atoms with van der Waals surface area (Å²) in [7, 11) is 3.25. The first-order chi connectivity index (χ1) is 7.15. The van der Waals surface area contributed by atoms with Crippen LogP contribution in [0.3, 0.4) is 0 Å².